The highest BCUT2D eigenvalue weighted by Gasteiger charge is 2.35. The lowest BCUT2D eigenvalue weighted by molar-refractivity contribution is -0.122. The van der Waals surface area contributed by atoms with Crippen molar-refractivity contribution in [1.82, 2.24) is 14.5 Å². The van der Waals surface area contributed by atoms with Gasteiger partial charge in [-0.15, -0.1) is 0 Å². The van der Waals surface area contributed by atoms with Gasteiger partial charge in [0.05, 0.1) is 31.4 Å². The zero-order valence-electron chi connectivity index (χ0n) is 20.5. The highest BCUT2D eigenvalue weighted by Crippen LogP contribution is 2.39. The van der Waals surface area contributed by atoms with E-state index in [0.717, 1.165) is 38.5 Å². The van der Waals surface area contributed by atoms with E-state index in [1.807, 2.05) is 95.3 Å². The number of imide groups is 1. The van der Waals surface area contributed by atoms with Gasteiger partial charge in [-0.25, -0.2) is 0 Å². The Morgan fingerprint density at radius 1 is 0.838 bits per heavy atom. The predicted molar refractivity (Wildman–Crippen MR) is 143 cm³/mol. The number of amides is 2. The molecule has 0 aliphatic carbocycles. The third kappa shape index (κ3) is 3.63. The number of aliphatic hydroxyl groups excluding tert-OH is 1. The average Bonchev–Trinajstić information content (AvgIpc) is 3.54. The van der Waals surface area contributed by atoms with Crippen molar-refractivity contribution in [2.75, 3.05) is 7.11 Å². The van der Waals surface area contributed by atoms with Gasteiger partial charge in [0.25, 0.3) is 11.8 Å². The minimum absolute atomic E-state index is 0.0712. The molecule has 2 aromatic heterocycles. The summed E-state index contributed by atoms with van der Waals surface area (Å²) in [6.07, 6.45) is 3.83. The number of aryl methyl sites for hydroxylation is 1. The first-order chi connectivity index (χ1) is 18.0. The standard InChI is InChI=1S/C30H25N3O4/c1-32-15-22(20-7-3-5-9-24(20)32)27-28(30(36)31-29(27)35)23-16-33(25-10-6-4-8-21(23)25)14-19-13-18(17-34)11-12-26(19)37-2/h3-13,15-16,34H,14,17H2,1-2H3,(H,31,35,36). The first kappa shape index (κ1) is 22.8. The molecule has 3 aromatic carbocycles. The number of nitrogens with zero attached hydrogens (tertiary/aromatic N) is 2. The molecule has 1 aliphatic rings. The van der Waals surface area contributed by atoms with Crippen LogP contribution in [0.3, 0.4) is 0 Å². The van der Waals surface area contributed by atoms with E-state index in [1.165, 1.54) is 0 Å². The summed E-state index contributed by atoms with van der Waals surface area (Å²) >= 11 is 0. The molecule has 0 unspecified atom stereocenters. The number of para-hydroxylation sites is 2. The maximum Gasteiger partial charge on any atom is 0.259 e. The Bertz CT molecular complexity index is 1760. The molecule has 2 N–H and O–H groups in total. The topological polar surface area (TPSA) is 85.5 Å². The van der Waals surface area contributed by atoms with Crippen LogP contribution in [0.15, 0.2) is 79.1 Å². The Hall–Kier alpha value is -4.62. The van der Waals surface area contributed by atoms with E-state index in [9.17, 15) is 14.7 Å². The quantitative estimate of drug-likeness (QED) is 0.348. The molecule has 7 nitrogen and oxygen atoms in total. The summed E-state index contributed by atoms with van der Waals surface area (Å²) in [6.45, 7) is 0.391. The summed E-state index contributed by atoms with van der Waals surface area (Å²) in [5, 5.41) is 14.0. The maximum absolute atomic E-state index is 13.3. The lowest BCUT2D eigenvalue weighted by Gasteiger charge is -2.12. The molecule has 6 rings (SSSR count). The van der Waals surface area contributed by atoms with Crippen molar-refractivity contribution in [3.05, 3.63) is 101 Å². The van der Waals surface area contributed by atoms with Crippen molar-refractivity contribution in [3.8, 4) is 5.75 Å². The van der Waals surface area contributed by atoms with Gasteiger partial charge in [-0.3, -0.25) is 14.9 Å². The molecule has 7 heteroatoms. The van der Waals surface area contributed by atoms with Crippen LogP contribution >= 0.6 is 0 Å². The zero-order chi connectivity index (χ0) is 25.7. The van der Waals surface area contributed by atoms with Crippen LogP contribution in [-0.2, 0) is 29.8 Å². The van der Waals surface area contributed by atoms with Crippen molar-refractivity contribution >= 4 is 44.8 Å². The number of aromatic nitrogens is 2. The zero-order valence-corrected chi connectivity index (χ0v) is 20.5. The van der Waals surface area contributed by atoms with E-state index >= 15 is 0 Å². The van der Waals surface area contributed by atoms with Crippen LogP contribution < -0.4 is 10.1 Å². The van der Waals surface area contributed by atoms with Crippen LogP contribution in [0.5, 0.6) is 5.75 Å². The van der Waals surface area contributed by atoms with Crippen LogP contribution in [0, 0.1) is 0 Å². The van der Waals surface area contributed by atoms with Gasteiger partial charge in [0.2, 0.25) is 0 Å². The molecule has 1 aliphatic heterocycles. The maximum atomic E-state index is 13.3. The Balaban J connectivity index is 1.58. The molecule has 0 saturated heterocycles. The fourth-order valence-corrected chi connectivity index (χ4v) is 5.32. The number of carbonyl (C=O) groups excluding carboxylic acids is 2. The highest BCUT2D eigenvalue weighted by molar-refractivity contribution is 6.50. The first-order valence-electron chi connectivity index (χ1n) is 12.0. The van der Waals surface area contributed by atoms with Gasteiger partial charge in [-0.2, -0.15) is 0 Å². The van der Waals surface area contributed by atoms with E-state index in [-0.39, 0.29) is 6.61 Å². The Labute approximate surface area is 213 Å². The highest BCUT2D eigenvalue weighted by atomic mass is 16.5. The molecule has 0 radical (unpaired) electrons. The number of ether oxygens (including phenoxy) is 1. The van der Waals surface area contributed by atoms with Crippen LogP contribution in [0.2, 0.25) is 0 Å². The molecule has 37 heavy (non-hydrogen) atoms. The Morgan fingerprint density at radius 3 is 2.14 bits per heavy atom. The molecule has 3 heterocycles. The van der Waals surface area contributed by atoms with Crippen molar-refractivity contribution in [1.29, 1.82) is 0 Å². The molecule has 0 saturated carbocycles. The van der Waals surface area contributed by atoms with Crippen LogP contribution in [0.4, 0.5) is 0 Å². The number of methoxy groups -OCH3 is 1. The second-order valence-electron chi connectivity index (χ2n) is 9.20. The molecule has 0 spiro atoms. The van der Waals surface area contributed by atoms with E-state index in [0.29, 0.717) is 29.0 Å². The summed E-state index contributed by atoms with van der Waals surface area (Å²) < 4.78 is 9.59. The van der Waals surface area contributed by atoms with Crippen molar-refractivity contribution in [2.24, 2.45) is 7.05 Å². The summed E-state index contributed by atoms with van der Waals surface area (Å²) in [7, 11) is 3.55. The van der Waals surface area contributed by atoms with Gasteiger partial charge < -0.3 is 19.0 Å². The number of hydrogen-bond donors (Lipinski definition) is 2. The SMILES string of the molecule is COc1ccc(CO)cc1Cn1cc(C2=C(c3cn(C)c4ccccc34)C(=O)NC2=O)c2ccccc21. The minimum atomic E-state index is -0.407. The molecular formula is C30H25N3O4. The second-order valence-corrected chi connectivity index (χ2v) is 9.20. The van der Waals surface area contributed by atoms with Crippen molar-refractivity contribution in [3.63, 3.8) is 0 Å². The lowest BCUT2D eigenvalue weighted by Crippen LogP contribution is -2.22. The summed E-state index contributed by atoms with van der Waals surface area (Å²) in [5.74, 6) is -0.0952. The normalized spacial score (nSPS) is 13.7. The predicted octanol–water partition coefficient (Wildman–Crippen LogP) is 4.25. The lowest BCUT2D eigenvalue weighted by atomic mass is 9.95. The van der Waals surface area contributed by atoms with E-state index in [1.54, 1.807) is 7.11 Å². The molecule has 0 fully saturated rings. The molecule has 2 amide bonds. The molecular weight excluding hydrogens is 466 g/mol. The monoisotopic (exact) mass is 491 g/mol. The first-order valence-corrected chi connectivity index (χ1v) is 12.0. The number of aliphatic hydroxyl groups is 1. The molecule has 0 atom stereocenters. The van der Waals surface area contributed by atoms with Gasteiger partial charge in [0.1, 0.15) is 5.75 Å². The van der Waals surface area contributed by atoms with Gasteiger partial charge in [-0.1, -0.05) is 42.5 Å². The number of fused-ring (bicyclic) bond motifs is 2. The molecule has 184 valence electrons. The summed E-state index contributed by atoms with van der Waals surface area (Å²) in [6, 6.07) is 21.3. The van der Waals surface area contributed by atoms with Gasteiger partial charge in [-0.05, 0) is 29.8 Å². The van der Waals surface area contributed by atoms with E-state index < -0.39 is 11.8 Å². The Morgan fingerprint density at radius 2 is 1.46 bits per heavy atom. The van der Waals surface area contributed by atoms with Crippen LogP contribution in [0.25, 0.3) is 33.0 Å². The van der Waals surface area contributed by atoms with Crippen LogP contribution in [0.1, 0.15) is 22.3 Å². The minimum Gasteiger partial charge on any atom is -0.496 e. The number of carbonyl (C=O) groups is 2. The Kier molecular flexibility index (Phi) is 5.43. The van der Waals surface area contributed by atoms with Gasteiger partial charge in [0.15, 0.2) is 0 Å². The molecule has 5 aromatic rings. The smallest absolute Gasteiger partial charge is 0.259 e. The van der Waals surface area contributed by atoms with Crippen molar-refractivity contribution in [2.45, 2.75) is 13.2 Å². The average molecular weight is 492 g/mol. The van der Waals surface area contributed by atoms with Gasteiger partial charge in [0, 0.05) is 57.9 Å². The summed E-state index contributed by atoms with van der Waals surface area (Å²) in [5.41, 5.74) is 5.76. The third-order valence-electron chi connectivity index (χ3n) is 7.02. The van der Waals surface area contributed by atoms with E-state index in [2.05, 4.69) is 5.32 Å². The fraction of sp³-hybridized carbons (Fsp3) is 0.133. The van der Waals surface area contributed by atoms with Crippen molar-refractivity contribution < 1.29 is 19.4 Å². The number of nitrogens with one attached hydrogen (secondary N) is 1. The number of rotatable bonds is 6. The second kappa shape index (κ2) is 8.80. The fourth-order valence-electron chi connectivity index (χ4n) is 5.32. The largest absolute Gasteiger partial charge is 0.496 e. The summed E-state index contributed by atoms with van der Waals surface area (Å²) in [4.78, 5) is 26.4. The number of benzene rings is 3. The van der Waals surface area contributed by atoms with E-state index in [4.69, 9.17) is 4.74 Å². The van der Waals surface area contributed by atoms with Crippen LogP contribution in [-0.4, -0.2) is 33.2 Å². The third-order valence-corrected chi connectivity index (χ3v) is 7.02. The van der Waals surface area contributed by atoms with Gasteiger partial charge >= 0.3 is 0 Å². The number of hydrogen-bond acceptors (Lipinski definition) is 4. The molecule has 0 bridgehead atoms.